The van der Waals surface area contributed by atoms with Gasteiger partial charge in [-0.1, -0.05) is 69.3 Å². The molecule has 0 N–H and O–H groups in total. The molecule has 27 heavy (non-hydrogen) atoms. The van der Waals surface area contributed by atoms with Gasteiger partial charge < -0.3 is 9.32 Å². The summed E-state index contributed by atoms with van der Waals surface area (Å²) in [5.41, 5.74) is 2.55. The summed E-state index contributed by atoms with van der Waals surface area (Å²) >= 11 is 0. The molecule has 0 aliphatic rings. The molecule has 1 aromatic heterocycles. The number of nitrogens with zero attached hydrogens (tertiary/aromatic N) is 2. The zero-order chi connectivity index (χ0) is 19.4. The number of anilines is 1. The highest BCUT2D eigenvalue weighted by Crippen LogP contribution is 2.25. The van der Waals surface area contributed by atoms with E-state index < -0.39 is 0 Å². The topological polar surface area (TPSA) is 46.3 Å². The summed E-state index contributed by atoms with van der Waals surface area (Å²) in [6, 6.07) is 19.7. The normalized spacial score (nSPS) is 11.4. The van der Waals surface area contributed by atoms with E-state index >= 15 is 0 Å². The molecule has 0 saturated heterocycles. The lowest BCUT2D eigenvalue weighted by Gasteiger charge is -2.23. The second-order valence-corrected chi connectivity index (χ2v) is 7.76. The number of rotatable bonds is 5. The van der Waals surface area contributed by atoms with Crippen LogP contribution in [0.4, 0.5) is 5.69 Å². The van der Waals surface area contributed by atoms with Gasteiger partial charge in [-0.2, -0.15) is 0 Å². The van der Waals surface area contributed by atoms with Crippen molar-refractivity contribution in [3.63, 3.8) is 0 Å². The number of hydrogen-bond donors (Lipinski definition) is 0. The van der Waals surface area contributed by atoms with Crippen molar-refractivity contribution in [2.24, 2.45) is 0 Å². The number of hydrogen-bond acceptors (Lipinski definition) is 3. The van der Waals surface area contributed by atoms with Gasteiger partial charge in [-0.05, 0) is 24.6 Å². The molecular weight excluding hydrogens is 336 g/mol. The van der Waals surface area contributed by atoms with Crippen LogP contribution in [0.15, 0.2) is 65.1 Å². The molecule has 1 amide bonds. The van der Waals surface area contributed by atoms with Gasteiger partial charge in [-0.3, -0.25) is 4.79 Å². The quantitative estimate of drug-likeness (QED) is 0.637. The van der Waals surface area contributed by atoms with Crippen LogP contribution in [0.1, 0.15) is 43.7 Å². The lowest BCUT2D eigenvalue weighted by atomic mass is 9.97. The molecule has 2 aromatic carbocycles. The first-order valence-corrected chi connectivity index (χ1v) is 9.21. The standard InChI is InChI=1S/C23H26N2O2/c1-17-20(27-22(24-17)23(2,3)4)15-21(26)25(19-13-9-6-10-14-19)16-18-11-7-5-8-12-18/h5-14H,15-16H2,1-4H3. The average molecular weight is 362 g/mol. The van der Waals surface area contributed by atoms with Gasteiger partial charge in [0.05, 0.1) is 18.7 Å². The fraction of sp³-hybridized carbons (Fsp3) is 0.304. The zero-order valence-corrected chi connectivity index (χ0v) is 16.4. The molecule has 0 fully saturated rings. The smallest absolute Gasteiger partial charge is 0.234 e. The van der Waals surface area contributed by atoms with E-state index in [9.17, 15) is 4.79 Å². The number of carbonyl (C=O) groups is 1. The van der Waals surface area contributed by atoms with Crippen molar-refractivity contribution >= 4 is 11.6 Å². The Balaban J connectivity index is 1.86. The Bertz CT molecular complexity index is 893. The molecule has 3 aromatic rings. The number of oxazole rings is 1. The molecule has 0 spiro atoms. The van der Waals surface area contributed by atoms with Gasteiger partial charge in [0, 0.05) is 11.1 Å². The molecule has 0 aliphatic carbocycles. The molecule has 0 atom stereocenters. The fourth-order valence-corrected chi connectivity index (χ4v) is 2.84. The Kier molecular flexibility index (Phi) is 5.45. The van der Waals surface area contributed by atoms with Crippen molar-refractivity contribution in [3.05, 3.63) is 83.6 Å². The second kappa shape index (κ2) is 7.78. The van der Waals surface area contributed by atoms with Crippen LogP contribution < -0.4 is 4.90 Å². The minimum absolute atomic E-state index is 0.00948. The Hall–Kier alpha value is -2.88. The fourth-order valence-electron chi connectivity index (χ4n) is 2.84. The van der Waals surface area contributed by atoms with E-state index in [-0.39, 0.29) is 17.7 Å². The van der Waals surface area contributed by atoms with Crippen LogP contribution in [0, 0.1) is 6.92 Å². The van der Waals surface area contributed by atoms with Gasteiger partial charge in [-0.25, -0.2) is 4.98 Å². The van der Waals surface area contributed by atoms with Gasteiger partial charge in [0.15, 0.2) is 5.89 Å². The van der Waals surface area contributed by atoms with Crippen LogP contribution in [0.5, 0.6) is 0 Å². The van der Waals surface area contributed by atoms with Crippen molar-refractivity contribution in [2.45, 2.75) is 46.1 Å². The first kappa shape index (κ1) is 18.9. The zero-order valence-electron chi connectivity index (χ0n) is 16.4. The molecule has 140 valence electrons. The molecule has 0 aliphatic heterocycles. The predicted octanol–water partition coefficient (Wildman–Crippen LogP) is 5.06. The summed E-state index contributed by atoms with van der Waals surface area (Å²) in [6.45, 7) is 8.56. The van der Waals surface area contributed by atoms with E-state index in [0.29, 0.717) is 18.2 Å². The maximum Gasteiger partial charge on any atom is 0.234 e. The largest absolute Gasteiger partial charge is 0.444 e. The molecule has 3 rings (SSSR count). The number of aromatic nitrogens is 1. The monoisotopic (exact) mass is 362 g/mol. The Labute approximate surface area is 160 Å². The maximum atomic E-state index is 13.2. The summed E-state index contributed by atoms with van der Waals surface area (Å²) in [5, 5.41) is 0. The van der Waals surface area contributed by atoms with Crippen LogP contribution in [0.3, 0.4) is 0 Å². The lowest BCUT2D eigenvalue weighted by Crippen LogP contribution is -2.31. The van der Waals surface area contributed by atoms with Crippen molar-refractivity contribution in [2.75, 3.05) is 4.90 Å². The Morgan fingerprint density at radius 1 is 1.00 bits per heavy atom. The van der Waals surface area contributed by atoms with E-state index in [1.54, 1.807) is 4.90 Å². The average Bonchev–Trinajstić information content (AvgIpc) is 3.02. The van der Waals surface area contributed by atoms with Crippen LogP contribution in [-0.4, -0.2) is 10.9 Å². The summed E-state index contributed by atoms with van der Waals surface area (Å²) in [5.74, 6) is 1.29. The Morgan fingerprint density at radius 2 is 1.59 bits per heavy atom. The van der Waals surface area contributed by atoms with Crippen molar-refractivity contribution in [1.82, 2.24) is 4.98 Å². The van der Waals surface area contributed by atoms with Crippen molar-refractivity contribution in [1.29, 1.82) is 0 Å². The molecule has 0 saturated carbocycles. The first-order chi connectivity index (χ1) is 12.8. The molecule has 4 heteroatoms. The maximum absolute atomic E-state index is 13.2. The molecule has 0 bridgehead atoms. The highest BCUT2D eigenvalue weighted by atomic mass is 16.4. The molecule has 0 unspecified atom stereocenters. The molecule has 1 heterocycles. The van der Waals surface area contributed by atoms with Crippen LogP contribution in [0.25, 0.3) is 0 Å². The van der Waals surface area contributed by atoms with Crippen LogP contribution in [0.2, 0.25) is 0 Å². The summed E-state index contributed by atoms with van der Waals surface area (Å²) in [7, 11) is 0. The lowest BCUT2D eigenvalue weighted by molar-refractivity contribution is -0.118. The van der Waals surface area contributed by atoms with Gasteiger partial charge in [0.25, 0.3) is 0 Å². The van der Waals surface area contributed by atoms with Crippen molar-refractivity contribution in [3.8, 4) is 0 Å². The number of para-hydroxylation sites is 1. The van der Waals surface area contributed by atoms with Gasteiger partial charge in [0.1, 0.15) is 5.76 Å². The van der Waals surface area contributed by atoms with E-state index in [1.807, 2.05) is 67.6 Å². The summed E-state index contributed by atoms with van der Waals surface area (Å²) in [6.07, 6.45) is 0.191. The van der Waals surface area contributed by atoms with Gasteiger partial charge >= 0.3 is 0 Å². The molecule has 4 nitrogen and oxygen atoms in total. The number of benzene rings is 2. The van der Waals surface area contributed by atoms with Gasteiger partial charge in [-0.15, -0.1) is 0 Å². The minimum Gasteiger partial charge on any atom is -0.444 e. The van der Waals surface area contributed by atoms with E-state index in [0.717, 1.165) is 16.9 Å². The number of carbonyl (C=O) groups excluding carboxylic acids is 1. The van der Waals surface area contributed by atoms with Gasteiger partial charge in [0.2, 0.25) is 5.91 Å². The van der Waals surface area contributed by atoms with E-state index in [2.05, 4.69) is 25.8 Å². The Morgan fingerprint density at radius 3 is 2.15 bits per heavy atom. The highest BCUT2D eigenvalue weighted by molar-refractivity contribution is 5.94. The second-order valence-electron chi connectivity index (χ2n) is 7.76. The molecular formula is C23H26N2O2. The third-order valence-corrected chi connectivity index (χ3v) is 4.40. The number of aryl methyl sites for hydroxylation is 1. The van der Waals surface area contributed by atoms with E-state index in [4.69, 9.17) is 4.42 Å². The SMILES string of the molecule is Cc1nc(C(C)(C)C)oc1CC(=O)N(Cc1ccccc1)c1ccccc1. The highest BCUT2D eigenvalue weighted by Gasteiger charge is 2.25. The van der Waals surface area contributed by atoms with Crippen molar-refractivity contribution < 1.29 is 9.21 Å². The third kappa shape index (κ3) is 4.64. The minimum atomic E-state index is -0.185. The summed E-state index contributed by atoms with van der Waals surface area (Å²) in [4.78, 5) is 19.5. The van der Waals surface area contributed by atoms with E-state index in [1.165, 1.54) is 0 Å². The third-order valence-electron chi connectivity index (χ3n) is 4.40. The number of amides is 1. The molecule has 0 radical (unpaired) electrons. The van der Waals surface area contributed by atoms with Crippen LogP contribution >= 0.6 is 0 Å². The summed E-state index contributed by atoms with van der Waals surface area (Å²) < 4.78 is 5.93. The first-order valence-electron chi connectivity index (χ1n) is 9.21. The predicted molar refractivity (Wildman–Crippen MR) is 108 cm³/mol. The van der Waals surface area contributed by atoms with Crippen LogP contribution in [-0.2, 0) is 23.2 Å².